The molecule has 2 N–H and O–H groups in total. The highest BCUT2D eigenvalue weighted by molar-refractivity contribution is 6.08. The van der Waals surface area contributed by atoms with Crippen LogP contribution in [0.15, 0.2) is 84.0 Å². The van der Waals surface area contributed by atoms with E-state index in [0.717, 1.165) is 22.0 Å². The van der Waals surface area contributed by atoms with E-state index >= 15 is 0 Å². The fraction of sp³-hybridized carbons (Fsp3) is 0.0800. The Morgan fingerprint density at radius 1 is 1.00 bits per heavy atom. The number of phenolic OH excluding ortho intramolecular Hbond substituents is 1. The molecule has 0 saturated carbocycles. The highest BCUT2D eigenvalue weighted by atomic mass is 16.5. The maximum atomic E-state index is 13.0. The normalized spacial score (nSPS) is 11.4. The minimum absolute atomic E-state index is 0.0415. The topological polar surface area (TPSA) is 83.8 Å². The van der Waals surface area contributed by atoms with Gasteiger partial charge in [0.05, 0.1) is 29.6 Å². The van der Waals surface area contributed by atoms with Crippen LogP contribution in [0.5, 0.6) is 11.5 Å². The molecule has 0 saturated heterocycles. The molecule has 6 heteroatoms. The van der Waals surface area contributed by atoms with Crippen LogP contribution in [0.2, 0.25) is 0 Å². The van der Waals surface area contributed by atoms with E-state index in [4.69, 9.17) is 9.72 Å². The molecule has 0 fully saturated rings. The Bertz CT molecular complexity index is 1280. The number of methoxy groups -OCH3 is 1. The number of amides is 1. The van der Waals surface area contributed by atoms with Gasteiger partial charge < -0.3 is 9.84 Å². The molecule has 0 aliphatic carbocycles. The van der Waals surface area contributed by atoms with Crippen molar-refractivity contribution in [2.75, 3.05) is 7.11 Å². The van der Waals surface area contributed by atoms with E-state index in [-0.39, 0.29) is 11.7 Å². The predicted molar refractivity (Wildman–Crippen MR) is 122 cm³/mol. The monoisotopic (exact) mass is 411 g/mol. The van der Waals surface area contributed by atoms with Crippen molar-refractivity contribution in [1.29, 1.82) is 0 Å². The number of hydrogen-bond donors (Lipinski definition) is 2. The first-order valence-electron chi connectivity index (χ1n) is 9.74. The highest BCUT2D eigenvalue weighted by Crippen LogP contribution is 2.27. The zero-order valence-electron chi connectivity index (χ0n) is 17.2. The number of hydrazone groups is 1. The van der Waals surface area contributed by atoms with Gasteiger partial charge in [0, 0.05) is 16.5 Å². The first-order valence-corrected chi connectivity index (χ1v) is 9.74. The minimum Gasteiger partial charge on any atom is -0.504 e. The van der Waals surface area contributed by atoms with Crippen LogP contribution in [0.1, 0.15) is 22.8 Å². The van der Waals surface area contributed by atoms with E-state index in [1.165, 1.54) is 13.2 Å². The number of ether oxygens (including phenoxy) is 1. The van der Waals surface area contributed by atoms with Crippen LogP contribution in [0.25, 0.3) is 22.2 Å². The third-order valence-electron chi connectivity index (χ3n) is 4.95. The first-order chi connectivity index (χ1) is 15.1. The Hall–Kier alpha value is -4.19. The molecule has 4 rings (SSSR count). The summed E-state index contributed by atoms with van der Waals surface area (Å²) in [6.45, 7) is 1.77. The molecule has 0 radical (unpaired) electrons. The van der Waals surface area contributed by atoms with E-state index in [0.29, 0.717) is 22.7 Å². The van der Waals surface area contributed by atoms with Gasteiger partial charge in [0.25, 0.3) is 5.91 Å². The molecule has 3 aromatic carbocycles. The van der Waals surface area contributed by atoms with Crippen LogP contribution in [0.4, 0.5) is 0 Å². The van der Waals surface area contributed by atoms with Crippen molar-refractivity contribution in [2.45, 2.75) is 6.92 Å². The Labute approximate surface area is 179 Å². The highest BCUT2D eigenvalue weighted by Gasteiger charge is 2.14. The summed E-state index contributed by atoms with van der Waals surface area (Å²) in [6.07, 6.45) is 0. The van der Waals surface area contributed by atoms with Gasteiger partial charge in [-0.25, -0.2) is 10.4 Å². The largest absolute Gasteiger partial charge is 0.504 e. The predicted octanol–water partition coefficient (Wildman–Crippen LogP) is 4.77. The van der Waals surface area contributed by atoms with Crippen LogP contribution < -0.4 is 10.2 Å². The molecule has 1 aromatic heterocycles. The summed E-state index contributed by atoms with van der Waals surface area (Å²) in [5, 5.41) is 14.8. The Morgan fingerprint density at radius 3 is 2.52 bits per heavy atom. The number of nitrogens with zero attached hydrogens (tertiary/aromatic N) is 2. The smallest absolute Gasteiger partial charge is 0.272 e. The molecule has 1 amide bonds. The molecule has 4 aromatic rings. The Balaban J connectivity index is 1.68. The number of aromatic hydroxyl groups is 1. The molecule has 6 nitrogen and oxygen atoms in total. The fourth-order valence-electron chi connectivity index (χ4n) is 3.28. The van der Waals surface area contributed by atoms with E-state index in [1.54, 1.807) is 25.1 Å². The van der Waals surface area contributed by atoms with Gasteiger partial charge in [-0.15, -0.1) is 0 Å². The number of carbonyl (C=O) groups excluding carboxylic acids is 1. The maximum Gasteiger partial charge on any atom is 0.272 e. The van der Waals surface area contributed by atoms with Gasteiger partial charge in [0.2, 0.25) is 0 Å². The summed E-state index contributed by atoms with van der Waals surface area (Å²) < 4.78 is 5.13. The molecule has 0 aliphatic heterocycles. The van der Waals surface area contributed by atoms with E-state index in [9.17, 15) is 9.90 Å². The first kappa shape index (κ1) is 20.1. The number of pyridine rings is 1. The van der Waals surface area contributed by atoms with E-state index < -0.39 is 0 Å². The van der Waals surface area contributed by atoms with Crippen LogP contribution >= 0.6 is 0 Å². The van der Waals surface area contributed by atoms with Crippen molar-refractivity contribution >= 4 is 22.5 Å². The van der Waals surface area contributed by atoms with Gasteiger partial charge in [-0.05, 0) is 37.3 Å². The molecular formula is C25H21N3O3. The van der Waals surface area contributed by atoms with E-state index in [1.807, 2.05) is 54.6 Å². The lowest BCUT2D eigenvalue weighted by Crippen LogP contribution is -2.20. The van der Waals surface area contributed by atoms with Gasteiger partial charge >= 0.3 is 0 Å². The molecule has 154 valence electrons. The summed E-state index contributed by atoms with van der Waals surface area (Å²) in [5.41, 5.74) is 6.81. The second-order valence-corrected chi connectivity index (χ2v) is 6.96. The maximum absolute atomic E-state index is 13.0. The SMILES string of the molecule is COc1cc(/C(C)=N/NC(=O)c2cc(-c3ccccc3)nc3ccccc23)ccc1O. The lowest BCUT2D eigenvalue weighted by molar-refractivity contribution is 0.0956. The zero-order chi connectivity index (χ0) is 21.8. The van der Waals surface area contributed by atoms with Gasteiger partial charge in [0.15, 0.2) is 11.5 Å². The summed E-state index contributed by atoms with van der Waals surface area (Å²) in [7, 11) is 1.48. The van der Waals surface area contributed by atoms with Gasteiger partial charge in [-0.1, -0.05) is 48.5 Å². The average Bonchev–Trinajstić information content (AvgIpc) is 2.82. The second-order valence-electron chi connectivity index (χ2n) is 6.96. The van der Waals surface area contributed by atoms with Gasteiger partial charge in [0.1, 0.15) is 0 Å². The second kappa shape index (κ2) is 8.67. The van der Waals surface area contributed by atoms with Crippen molar-refractivity contribution in [1.82, 2.24) is 10.4 Å². The third-order valence-corrected chi connectivity index (χ3v) is 4.95. The quantitative estimate of drug-likeness (QED) is 0.366. The lowest BCUT2D eigenvalue weighted by Gasteiger charge is -2.10. The van der Waals surface area contributed by atoms with Crippen molar-refractivity contribution in [3.8, 4) is 22.8 Å². The number of rotatable bonds is 5. The number of hydrogen-bond acceptors (Lipinski definition) is 5. The van der Waals surface area contributed by atoms with Crippen molar-refractivity contribution in [3.63, 3.8) is 0 Å². The van der Waals surface area contributed by atoms with Crippen LogP contribution in [0, 0.1) is 0 Å². The number of carbonyl (C=O) groups is 1. The molecular weight excluding hydrogens is 390 g/mol. The molecule has 0 unspecified atom stereocenters. The van der Waals surface area contributed by atoms with Crippen LogP contribution in [-0.4, -0.2) is 28.8 Å². The molecule has 0 atom stereocenters. The molecule has 1 heterocycles. The number of nitrogens with one attached hydrogen (secondary N) is 1. The number of benzene rings is 3. The number of phenols is 1. The van der Waals surface area contributed by atoms with Crippen molar-refractivity contribution in [3.05, 3.63) is 90.0 Å². The Morgan fingerprint density at radius 2 is 1.74 bits per heavy atom. The number of para-hydroxylation sites is 1. The van der Waals surface area contributed by atoms with Crippen LogP contribution in [-0.2, 0) is 0 Å². The number of aromatic nitrogens is 1. The third kappa shape index (κ3) is 4.23. The summed E-state index contributed by atoms with van der Waals surface area (Å²) >= 11 is 0. The molecule has 0 spiro atoms. The standard InChI is InChI=1S/C25H21N3O3/c1-16(18-12-13-23(29)24(14-18)31-2)27-28-25(30)20-15-22(17-8-4-3-5-9-17)26-21-11-7-6-10-19(20)21/h3-15,29H,1-2H3,(H,28,30)/b27-16+. The lowest BCUT2D eigenvalue weighted by atomic mass is 10.0. The minimum atomic E-state index is -0.333. The van der Waals surface area contributed by atoms with Gasteiger partial charge in [-0.2, -0.15) is 5.10 Å². The fourth-order valence-corrected chi connectivity index (χ4v) is 3.28. The van der Waals surface area contributed by atoms with Gasteiger partial charge in [-0.3, -0.25) is 4.79 Å². The number of fused-ring (bicyclic) bond motifs is 1. The molecule has 0 bridgehead atoms. The summed E-state index contributed by atoms with van der Waals surface area (Å²) in [6, 6.07) is 23.9. The average molecular weight is 411 g/mol. The van der Waals surface area contributed by atoms with Crippen LogP contribution in [0.3, 0.4) is 0 Å². The zero-order valence-corrected chi connectivity index (χ0v) is 17.2. The molecule has 31 heavy (non-hydrogen) atoms. The Kier molecular flexibility index (Phi) is 5.62. The van der Waals surface area contributed by atoms with Crippen molar-refractivity contribution < 1.29 is 14.6 Å². The summed E-state index contributed by atoms with van der Waals surface area (Å²) in [4.78, 5) is 17.7. The molecule has 0 aliphatic rings. The summed E-state index contributed by atoms with van der Waals surface area (Å²) in [5.74, 6) is 0.0478. The van der Waals surface area contributed by atoms with E-state index in [2.05, 4.69) is 10.5 Å². The van der Waals surface area contributed by atoms with Crippen molar-refractivity contribution in [2.24, 2.45) is 5.10 Å².